The zero-order valence-corrected chi connectivity index (χ0v) is 12.9. The first-order valence-electron chi connectivity index (χ1n) is 7.20. The van der Waals surface area contributed by atoms with Crippen molar-refractivity contribution in [3.05, 3.63) is 29.8 Å². The Bertz CT molecular complexity index is 561. The molecule has 6 nitrogen and oxygen atoms in total. The second-order valence-corrected chi connectivity index (χ2v) is 6.44. The molecule has 1 fully saturated rings. The fourth-order valence-corrected chi connectivity index (χ4v) is 2.69. The average Bonchev–Trinajstić information content (AvgIpc) is 2.82. The molecule has 2 atom stereocenters. The van der Waals surface area contributed by atoms with E-state index in [1.807, 2.05) is 0 Å². The lowest BCUT2D eigenvalue weighted by molar-refractivity contribution is -0.142. The molecule has 2 rings (SSSR count). The van der Waals surface area contributed by atoms with Gasteiger partial charge in [-0.3, -0.25) is 4.90 Å². The number of amides is 1. The molecule has 1 aliphatic rings. The second-order valence-electron chi connectivity index (χ2n) is 6.44. The third kappa shape index (κ3) is 3.50. The number of aliphatic carboxylic acids is 1. The van der Waals surface area contributed by atoms with Gasteiger partial charge in [0.2, 0.25) is 0 Å². The molecular weight excluding hydrogens is 286 g/mol. The molecular formula is C16H21NO5. The van der Waals surface area contributed by atoms with Crippen molar-refractivity contribution in [1.29, 1.82) is 0 Å². The molecule has 120 valence electrons. The smallest absolute Gasteiger partial charge is 0.411 e. The fourth-order valence-electron chi connectivity index (χ4n) is 2.69. The van der Waals surface area contributed by atoms with Gasteiger partial charge in [-0.15, -0.1) is 0 Å². The topological polar surface area (TPSA) is 87.1 Å². The van der Waals surface area contributed by atoms with Crippen molar-refractivity contribution in [2.75, 3.05) is 6.54 Å². The number of hydrogen-bond donors (Lipinski definition) is 2. The van der Waals surface area contributed by atoms with Crippen molar-refractivity contribution >= 4 is 12.1 Å². The van der Waals surface area contributed by atoms with Crippen LogP contribution in [0.4, 0.5) is 4.79 Å². The van der Waals surface area contributed by atoms with Gasteiger partial charge in [-0.05, 0) is 44.9 Å². The molecule has 1 saturated heterocycles. The van der Waals surface area contributed by atoms with E-state index in [1.165, 1.54) is 17.0 Å². The number of carboxylic acid groups (broad SMARTS) is 1. The highest BCUT2D eigenvalue weighted by molar-refractivity contribution is 5.82. The number of phenolic OH excluding ortho intramolecular Hbond substituents is 1. The predicted molar refractivity (Wildman–Crippen MR) is 79.8 cm³/mol. The number of benzene rings is 1. The molecule has 1 heterocycles. The van der Waals surface area contributed by atoms with Crippen LogP contribution in [0.2, 0.25) is 0 Å². The van der Waals surface area contributed by atoms with Crippen molar-refractivity contribution < 1.29 is 24.5 Å². The van der Waals surface area contributed by atoms with Crippen molar-refractivity contribution in [3.63, 3.8) is 0 Å². The van der Waals surface area contributed by atoms with Crippen LogP contribution in [-0.4, -0.2) is 45.4 Å². The van der Waals surface area contributed by atoms with Crippen LogP contribution in [0.5, 0.6) is 5.75 Å². The summed E-state index contributed by atoms with van der Waals surface area (Å²) in [6.45, 7) is 5.56. The minimum absolute atomic E-state index is 0.123. The van der Waals surface area contributed by atoms with E-state index in [4.69, 9.17) is 4.74 Å². The first kappa shape index (κ1) is 16.1. The number of ether oxygens (including phenoxy) is 1. The van der Waals surface area contributed by atoms with Gasteiger partial charge in [0.25, 0.3) is 0 Å². The fraction of sp³-hybridized carbons (Fsp3) is 0.500. The summed E-state index contributed by atoms with van der Waals surface area (Å²) in [4.78, 5) is 25.1. The van der Waals surface area contributed by atoms with Crippen molar-refractivity contribution in [1.82, 2.24) is 4.90 Å². The number of hydrogen-bond acceptors (Lipinski definition) is 4. The summed E-state index contributed by atoms with van der Waals surface area (Å²) in [7, 11) is 0. The molecule has 2 N–H and O–H groups in total. The normalized spacial score (nSPS) is 21.7. The molecule has 0 bridgehead atoms. The number of aromatic hydroxyl groups is 1. The summed E-state index contributed by atoms with van der Waals surface area (Å²) in [6, 6.07) is 5.46. The van der Waals surface area contributed by atoms with Crippen LogP contribution in [0.25, 0.3) is 0 Å². The van der Waals surface area contributed by atoms with Crippen molar-refractivity contribution in [3.8, 4) is 5.75 Å². The van der Waals surface area contributed by atoms with E-state index >= 15 is 0 Å². The Morgan fingerprint density at radius 1 is 1.23 bits per heavy atom. The summed E-state index contributed by atoms with van der Waals surface area (Å²) in [5, 5.41) is 18.9. The van der Waals surface area contributed by atoms with Gasteiger partial charge in [-0.25, -0.2) is 9.59 Å². The standard InChI is InChI=1S/C16H21NO5/c1-16(2,3)22-15(21)17-9-8-12(13(17)14(19)20)10-4-6-11(18)7-5-10/h4-7,12-13,18H,8-9H2,1-3H3,(H,19,20)/t12-,13-/m0/s1. The first-order valence-corrected chi connectivity index (χ1v) is 7.20. The quantitative estimate of drug-likeness (QED) is 0.877. The Labute approximate surface area is 129 Å². The number of nitrogens with zero attached hydrogens (tertiary/aromatic N) is 1. The van der Waals surface area contributed by atoms with Crippen molar-refractivity contribution in [2.45, 2.75) is 44.8 Å². The van der Waals surface area contributed by atoms with E-state index in [1.54, 1.807) is 32.9 Å². The lowest BCUT2D eigenvalue weighted by Crippen LogP contribution is -2.45. The Kier molecular flexibility index (Phi) is 4.30. The molecule has 0 saturated carbocycles. The molecule has 1 amide bonds. The monoisotopic (exact) mass is 307 g/mol. The maximum Gasteiger partial charge on any atom is 0.411 e. The van der Waals surface area contributed by atoms with E-state index < -0.39 is 23.7 Å². The Morgan fingerprint density at radius 3 is 2.32 bits per heavy atom. The van der Waals surface area contributed by atoms with E-state index in [0.717, 1.165) is 5.56 Å². The summed E-state index contributed by atoms with van der Waals surface area (Å²) in [5.41, 5.74) is 0.118. The number of carbonyl (C=O) groups excluding carboxylic acids is 1. The van der Waals surface area contributed by atoms with E-state index in [-0.39, 0.29) is 11.7 Å². The highest BCUT2D eigenvalue weighted by Gasteiger charge is 2.44. The second kappa shape index (κ2) is 5.87. The first-order chi connectivity index (χ1) is 10.2. The highest BCUT2D eigenvalue weighted by atomic mass is 16.6. The number of phenols is 1. The van der Waals surface area contributed by atoms with Gasteiger partial charge in [0.1, 0.15) is 17.4 Å². The molecule has 1 aromatic carbocycles. The van der Waals surface area contributed by atoms with Gasteiger partial charge in [-0.2, -0.15) is 0 Å². The molecule has 0 aliphatic carbocycles. The van der Waals surface area contributed by atoms with E-state index in [2.05, 4.69) is 0 Å². The van der Waals surface area contributed by atoms with Crippen LogP contribution in [-0.2, 0) is 9.53 Å². The van der Waals surface area contributed by atoms with Crippen LogP contribution in [0.3, 0.4) is 0 Å². The molecule has 1 aliphatic heterocycles. The number of carbonyl (C=O) groups is 2. The average molecular weight is 307 g/mol. The lowest BCUT2D eigenvalue weighted by atomic mass is 9.92. The third-order valence-electron chi connectivity index (χ3n) is 3.60. The molecule has 22 heavy (non-hydrogen) atoms. The molecule has 0 unspecified atom stereocenters. The van der Waals surface area contributed by atoms with Crippen LogP contribution >= 0.6 is 0 Å². The number of likely N-dealkylation sites (tertiary alicyclic amines) is 1. The van der Waals surface area contributed by atoms with Crippen molar-refractivity contribution in [2.24, 2.45) is 0 Å². The van der Waals surface area contributed by atoms with Crippen LogP contribution in [0.1, 0.15) is 38.7 Å². The molecule has 6 heteroatoms. The Hall–Kier alpha value is -2.24. The Balaban J connectivity index is 2.23. The zero-order valence-electron chi connectivity index (χ0n) is 12.9. The molecule has 0 spiro atoms. The van der Waals surface area contributed by atoms with Gasteiger partial charge < -0.3 is 14.9 Å². The van der Waals surface area contributed by atoms with Gasteiger partial charge in [0, 0.05) is 12.5 Å². The summed E-state index contributed by atoms with van der Waals surface area (Å²) in [5.74, 6) is -1.25. The Morgan fingerprint density at radius 2 is 1.82 bits per heavy atom. The number of carboxylic acids is 1. The lowest BCUT2D eigenvalue weighted by Gasteiger charge is -2.28. The van der Waals surface area contributed by atoms with Gasteiger partial charge in [-0.1, -0.05) is 12.1 Å². The maximum absolute atomic E-state index is 12.2. The van der Waals surface area contributed by atoms with Gasteiger partial charge >= 0.3 is 12.1 Å². The van der Waals surface area contributed by atoms with Gasteiger partial charge in [0.15, 0.2) is 0 Å². The summed E-state index contributed by atoms with van der Waals surface area (Å²) < 4.78 is 5.29. The minimum Gasteiger partial charge on any atom is -0.508 e. The van der Waals surface area contributed by atoms with Crippen LogP contribution < -0.4 is 0 Å². The maximum atomic E-state index is 12.2. The predicted octanol–water partition coefficient (Wildman–Crippen LogP) is 2.57. The molecule has 0 aromatic heterocycles. The van der Waals surface area contributed by atoms with Gasteiger partial charge in [0.05, 0.1) is 0 Å². The summed E-state index contributed by atoms with van der Waals surface area (Å²) in [6.07, 6.45) is -0.0674. The van der Waals surface area contributed by atoms with Crippen LogP contribution in [0.15, 0.2) is 24.3 Å². The van der Waals surface area contributed by atoms with E-state index in [9.17, 15) is 19.8 Å². The van der Waals surface area contributed by atoms with E-state index in [0.29, 0.717) is 13.0 Å². The SMILES string of the molecule is CC(C)(C)OC(=O)N1CC[C@@H](c2ccc(O)cc2)[C@H]1C(=O)O. The zero-order chi connectivity index (χ0) is 16.5. The molecule has 0 radical (unpaired) electrons. The summed E-state index contributed by atoms with van der Waals surface area (Å²) >= 11 is 0. The number of rotatable bonds is 2. The largest absolute Gasteiger partial charge is 0.508 e. The minimum atomic E-state index is -1.05. The highest BCUT2D eigenvalue weighted by Crippen LogP contribution is 2.35. The molecule has 1 aromatic rings. The van der Waals surface area contributed by atoms with Crippen LogP contribution in [0, 0.1) is 0 Å². The third-order valence-corrected chi connectivity index (χ3v) is 3.60.